The number of nitrogens with zero attached hydrogens (tertiary/aromatic N) is 2. The van der Waals surface area contributed by atoms with E-state index in [0.717, 1.165) is 81.7 Å². The van der Waals surface area contributed by atoms with Crippen LogP contribution in [0.25, 0.3) is 75.8 Å². The Morgan fingerprint density at radius 2 is 1.10 bits per heavy atom. The predicted molar refractivity (Wildman–Crippen MR) is 200 cm³/mol. The Morgan fingerprint density at radius 1 is 0.458 bits per heavy atom. The van der Waals surface area contributed by atoms with Crippen LogP contribution in [-0.4, -0.2) is 4.98 Å². The molecule has 0 amide bonds. The summed E-state index contributed by atoms with van der Waals surface area (Å²) in [5.41, 5.74) is 11.0. The van der Waals surface area contributed by atoms with Crippen molar-refractivity contribution in [3.63, 3.8) is 0 Å². The van der Waals surface area contributed by atoms with Gasteiger partial charge in [-0.3, -0.25) is 0 Å². The molecule has 0 N–H and O–H groups in total. The van der Waals surface area contributed by atoms with Gasteiger partial charge in [-0.25, -0.2) is 4.98 Å². The summed E-state index contributed by atoms with van der Waals surface area (Å²) in [5, 5.41) is 5.28. The Hall–Kier alpha value is -6.17. The minimum Gasteiger partial charge on any atom is -0.456 e. The van der Waals surface area contributed by atoms with Crippen molar-refractivity contribution in [2.24, 2.45) is 0 Å². The van der Waals surface area contributed by atoms with Crippen LogP contribution < -0.4 is 4.90 Å². The quantitative estimate of drug-likeness (QED) is 0.189. The maximum absolute atomic E-state index is 6.45. The smallest absolute Gasteiger partial charge is 0.137 e. The van der Waals surface area contributed by atoms with Crippen LogP contribution in [0.15, 0.2) is 167 Å². The SMILES string of the molecule is c1ccc(-c2ccc(N(c3ccc4oc5cc6sc(-c7ccccc7)nc6cc5c4c3)c3cccc4oc5ccccc5c34)cc2)cc1. The second-order valence-corrected chi connectivity index (χ2v) is 13.0. The van der Waals surface area contributed by atoms with Crippen molar-refractivity contribution in [3.8, 4) is 21.7 Å². The molecule has 0 saturated heterocycles. The van der Waals surface area contributed by atoms with Gasteiger partial charge in [0, 0.05) is 39.2 Å². The van der Waals surface area contributed by atoms with Crippen molar-refractivity contribution in [2.45, 2.75) is 0 Å². The van der Waals surface area contributed by atoms with Crippen LogP contribution >= 0.6 is 11.3 Å². The zero-order chi connectivity index (χ0) is 31.6. The molecular formula is C43H26N2O2S. The van der Waals surface area contributed by atoms with Gasteiger partial charge in [-0.15, -0.1) is 11.3 Å². The minimum atomic E-state index is 0.848. The van der Waals surface area contributed by atoms with E-state index >= 15 is 0 Å². The van der Waals surface area contributed by atoms with Gasteiger partial charge in [-0.1, -0.05) is 97.1 Å². The van der Waals surface area contributed by atoms with Gasteiger partial charge in [0.1, 0.15) is 27.3 Å². The van der Waals surface area contributed by atoms with Crippen molar-refractivity contribution < 1.29 is 8.83 Å². The number of thiazole rings is 1. The zero-order valence-corrected chi connectivity index (χ0v) is 26.4. The molecule has 0 aliphatic carbocycles. The lowest BCUT2D eigenvalue weighted by molar-refractivity contribution is 0.668. The first-order valence-corrected chi connectivity index (χ1v) is 16.8. The molecule has 0 radical (unpaired) electrons. The van der Waals surface area contributed by atoms with Gasteiger partial charge >= 0.3 is 0 Å². The summed E-state index contributed by atoms with van der Waals surface area (Å²) in [7, 11) is 0. The molecule has 4 nitrogen and oxygen atoms in total. The molecule has 10 aromatic rings. The lowest BCUT2D eigenvalue weighted by Crippen LogP contribution is -2.10. The standard InChI is InChI=1S/C43H26N2O2S/c1-3-10-27(11-4-1)28-18-20-30(21-19-28)45(36-15-9-17-39-42(36)32-14-7-8-16-37(32)46-39)31-22-23-38-33(24-31)34-25-35-41(26-40(34)47-38)48-43(44-35)29-12-5-2-6-13-29/h1-26H. The third-order valence-corrected chi connectivity index (χ3v) is 10.2. The van der Waals surface area contributed by atoms with E-state index in [1.807, 2.05) is 30.3 Å². The summed E-state index contributed by atoms with van der Waals surface area (Å²) in [6.45, 7) is 0. The summed E-state index contributed by atoms with van der Waals surface area (Å²) in [6, 6.07) is 54.9. The second-order valence-electron chi connectivity index (χ2n) is 12.0. The van der Waals surface area contributed by atoms with Crippen LogP contribution in [0.2, 0.25) is 0 Å². The number of aromatic nitrogens is 1. The van der Waals surface area contributed by atoms with Crippen molar-refractivity contribution in [1.82, 2.24) is 4.98 Å². The van der Waals surface area contributed by atoms with Crippen LogP contribution in [0.5, 0.6) is 0 Å². The molecule has 0 saturated carbocycles. The fourth-order valence-electron chi connectivity index (χ4n) is 6.83. The molecule has 3 aromatic heterocycles. The molecule has 3 heterocycles. The number of anilines is 3. The molecule has 48 heavy (non-hydrogen) atoms. The average molecular weight is 635 g/mol. The number of rotatable bonds is 5. The fraction of sp³-hybridized carbons (Fsp3) is 0. The number of benzene rings is 7. The maximum atomic E-state index is 6.45. The number of hydrogen-bond donors (Lipinski definition) is 0. The molecule has 7 aromatic carbocycles. The summed E-state index contributed by atoms with van der Waals surface area (Å²) in [4.78, 5) is 7.34. The summed E-state index contributed by atoms with van der Waals surface area (Å²) in [6.07, 6.45) is 0. The van der Waals surface area contributed by atoms with Gasteiger partial charge in [-0.05, 0) is 65.7 Å². The van der Waals surface area contributed by atoms with E-state index in [1.165, 1.54) is 11.1 Å². The van der Waals surface area contributed by atoms with Crippen LogP contribution in [0.3, 0.4) is 0 Å². The molecule has 0 atom stereocenters. The molecule has 0 aliphatic heterocycles. The van der Waals surface area contributed by atoms with Crippen molar-refractivity contribution >= 4 is 82.5 Å². The molecule has 5 heteroatoms. The van der Waals surface area contributed by atoms with E-state index in [1.54, 1.807) is 11.3 Å². The zero-order valence-electron chi connectivity index (χ0n) is 25.6. The topological polar surface area (TPSA) is 42.4 Å². The Morgan fingerprint density at radius 3 is 1.94 bits per heavy atom. The average Bonchev–Trinajstić information content (AvgIpc) is 3.85. The van der Waals surface area contributed by atoms with E-state index in [9.17, 15) is 0 Å². The minimum absolute atomic E-state index is 0.848. The number of fused-ring (bicyclic) bond motifs is 7. The number of hydrogen-bond acceptors (Lipinski definition) is 5. The largest absolute Gasteiger partial charge is 0.456 e. The number of para-hydroxylation sites is 1. The second kappa shape index (κ2) is 10.7. The van der Waals surface area contributed by atoms with E-state index in [4.69, 9.17) is 13.8 Å². The van der Waals surface area contributed by atoms with Crippen LogP contribution in [-0.2, 0) is 0 Å². The van der Waals surface area contributed by atoms with Gasteiger partial charge < -0.3 is 13.7 Å². The highest BCUT2D eigenvalue weighted by Gasteiger charge is 2.21. The normalized spacial score (nSPS) is 11.8. The van der Waals surface area contributed by atoms with Gasteiger partial charge in [0.15, 0.2) is 0 Å². The van der Waals surface area contributed by atoms with Crippen LogP contribution in [0, 0.1) is 0 Å². The Balaban J connectivity index is 1.18. The molecule has 0 fully saturated rings. The molecule has 0 unspecified atom stereocenters. The molecule has 0 bridgehead atoms. The number of furan rings is 2. The highest BCUT2D eigenvalue weighted by molar-refractivity contribution is 7.21. The predicted octanol–water partition coefficient (Wildman–Crippen LogP) is 12.9. The van der Waals surface area contributed by atoms with Crippen LogP contribution in [0.4, 0.5) is 17.1 Å². The summed E-state index contributed by atoms with van der Waals surface area (Å²) >= 11 is 1.69. The van der Waals surface area contributed by atoms with E-state index < -0.39 is 0 Å². The first-order valence-electron chi connectivity index (χ1n) is 15.9. The van der Waals surface area contributed by atoms with E-state index in [2.05, 4.69) is 132 Å². The Labute approximate surface area is 279 Å². The highest BCUT2D eigenvalue weighted by atomic mass is 32.1. The third-order valence-electron chi connectivity index (χ3n) is 9.10. The summed E-state index contributed by atoms with van der Waals surface area (Å²) in [5.74, 6) is 0. The van der Waals surface area contributed by atoms with Crippen LogP contribution in [0.1, 0.15) is 0 Å². The van der Waals surface area contributed by atoms with Gasteiger partial charge in [0.25, 0.3) is 0 Å². The highest BCUT2D eigenvalue weighted by Crippen LogP contribution is 2.45. The lowest BCUT2D eigenvalue weighted by atomic mass is 10.0. The third kappa shape index (κ3) is 4.33. The first kappa shape index (κ1) is 27.0. The van der Waals surface area contributed by atoms with Gasteiger partial charge in [-0.2, -0.15) is 0 Å². The molecule has 10 rings (SSSR count). The van der Waals surface area contributed by atoms with Gasteiger partial charge in [0.2, 0.25) is 0 Å². The fourth-order valence-corrected chi connectivity index (χ4v) is 7.81. The van der Waals surface area contributed by atoms with E-state index in [0.29, 0.717) is 0 Å². The Kier molecular flexibility index (Phi) is 6.01. The molecule has 0 aliphatic rings. The lowest BCUT2D eigenvalue weighted by Gasteiger charge is -2.26. The van der Waals surface area contributed by atoms with E-state index in [-0.39, 0.29) is 0 Å². The van der Waals surface area contributed by atoms with Crippen molar-refractivity contribution in [2.75, 3.05) is 4.90 Å². The van der Waals surface area contributed by atoms with Crippen molar-refractivity contribution in [3.05, 3.63) is 158 Å². The summed E-state index contributed by atoms with van der Waals surface area (Å²) < 4.78 is 13.9. The monoisotopic (exact) mass is 634 g/mol. The van der Waals surface area contributed by atoms with Gasteiger partial charge in [0.05, 0.1) is 21.3 Å². The Bertz CT molecular complexity index is 2780. The van der Waals surface area contributed by atoms with Crippen molar-refractivity contribution in [1.29, 1.82) is 0 Å². The first-order chi connectivity index (χ1) is 23.8. The molecule has 0 spiro atoms. The molecule has 226 valence electrons. The maximum Gasteiger partial charge on any atom is 0.137 e. The molecular weight excluding hydrogens is 609 g/mol.